The maximum Gasteiger partial charge on any atom is 0.266 e. The van der Waals surface area contributed by atoms with E-state index in [9.17, 15) is 14.7 Å². The van der Waals surface area contributed by atoms with Crippen molar-refractivity contribution in [3.8, 4) is 5.75 Å². The molecule has 0 bridgehead atoms. The molecule has 0 atom stereocenters. The van der Waals surface area contributed by atoms with Gasteiger partial charge in [0.25, 0.3) is 5.91 Å². The molecule has 1 heterocycles. The first-order valence-corrected chi connectivity index (χ1v) is 7.92. The average molecular weight is 336 g/mol. The Morgan fingerprint density at radius 3 is 2.86 bits per heavy atom. The van der Waals surface area contributed by atoms with Crippen LogP contribution >= 0.6 is 24.0 Å². The van der Waals surface area contributed by atoms with E-state index in [2.05, 4.69) is 0 Å². The summed E-state index contributed by atoms with van der Waals surface area (Å²) in [6.07, 6.45) is 1.47. The molecule has 0 aromatic heterocycles. The Kier molecular flexibility index (Phi) is 5.57. The minimum absolute atomic E-state index is 0.0252. The van der Waals surface area contributed by atoms with Gasteiger partial charge in [-0.15, -0.1) is 0 Å². The molecule has 1 aliphatic rings. The van der Waals surface area contributed by atoms with Crippen LogP contribution in [0.2, 0.25) is 0 Å². The third-order valence-electron chi connectivity index (χ3n) is 2.92. The molecule has 0 spiro atoms. The molecule has 1 fully saturated rings. The predicted molar refractivity (Wildman–Crippen MR) is 87.1 cm³/mol. The van der Waals surface area contributed by atoms with E-state index in [1.165, 1.54) is 4.90 Å². The number of hydrogen-bond acceptors (Lipinski definition) is 6. The van der Waals surface area contributed by atoms with Gasteiger partial charge in [-0.2, -0.15) is 0 Å². The number of carboxylic acids is 1. The molecular weight excluding hydrogens is 322 g/mol. The molecule has 2 rings (SSSR count). The Morgan fingerprint density at radius 1 is 1.45 bits per heavy atom. The van der Waals surface area contributed by atoms with Crippen LogP contribution < -0.4 is 9.84 Å². The van der Waals surface area contributed by atoms with Crippen LogP contribution in [0.15, 0.2) is 29.2 Å². The number of carbonyl (C=O) groups is 2. The first kappa shape index (κ1) is 16.5. The topological polar surface area (TPSA) is 69.7 Å². The summed E-state index contributed by atoms with van der Waals surface area (Å²) in [5.41, 5.74) is 0.782. The summed E-state index contributed by atoms with van der Waals surface area (Å²) in [4.78, 5) is 24.6. The smallest absolute Gasteiger partial charge is 0.266 e. The molecule has 0 N–H and O–H groups in total. The molecule has 1 aliphatic heterocycles. The normalized spacial score (nSPS) is 16.4. The van der Waals surface area contributed by atoms with E-state index < -0.39 is 5.97 Å². The van der Waals surface area contributed by atoms with Crippen molar-refractivity contribution in [2.45, 2.75) is 13.3 Å². The van der Waals surface area contributed by atoms with Crippen LogP contribution in [0.5, 0.6) is 5.75 Å². The highest BCUT2D eigenvalue weighted by Crippen LogP contribution is 2.34. The van der Waals surface area contributed by atoms with E-state index >= 15 is 0 Å². The standard InChI is InChI=1S/C15H15NO4S2/c1-2-20-11-6-4-3-5-10(11)9-12-14(19)16(15(21)22-12)8-7-13(17)18/h3-6,9H,2,7-8H2,1H3,(H,17,18)/p-1/b12-9-. The molecule has 1 saturated heterocycles. The zero-order valence-corrected chi connectivity index (χ0v) is 13.5. The summed E-state index contributed by atoms with van der Waals surface area (Å²) in [5.74, 6) is -0.813. The quantitative estimate of drug-likeness (QED) is 0.578. The number of rotatable bonds is 6. The summed E-state index contributed by atoms with van der Waals surface area (Å²) in [6, 6.07) is 7.38. The fraction of sp³-hybridized carbons (Fsp3) is 0.267. The van der Waals surface area contributed by atoms with Gasteiger partial charge in [0.05, 0.1) is 11.5 Å². The SMILES string of the molecule is CCOc1ccccc1/C=C1\SC(=S)N(CCC(=O)[O-])C1=O. The van der Waals surface area contributed by atoms with Crippen molar-refractivity contribution >= 4 is 46.3 Å². The van der Waals surface area contributed by atoms with Gasteiger partial charge in [-0.05, 0) is 19.1 Å². The van der Waals surface area contributed by atoms with E-state index in [-0.39, 0.29) is 18.9 Å². The molecule has 0 radical (unpaired) electrons. The number of benzene rings is 1. The van der Waals surface area contributed by atoms with Gasteiger partial charge in [0.15, 0.2) is 0 Å². The molecular formula is C15H14NO4S2-. The van der Waals surface area contributed by atoms with Gasteiger partial charge in [0.2, 0.25) is 0 Å². The maximum atomic E-state index is 12.3. The minimum Gasteiger partial charge on any atom is -0.550 e. The molecule has 7 heteroatoms. The first-order valence-electron chi connectivity index (χ1n) is 6.70. The van der Waals surface area contributed by atoms with Gasteiger partial charge < -0.3 is 14.6 Å². The third-order valence-corrected chi connectivity index (χ3v) is 4.30. The second kappa shape index (κ2) is 7.42. The van der Waals surface area contributed by atoms with Crippen molar-refractivity contribution in [1.29, 1.82) is 0 Å². The molecule has 0 saturated carbocycles. The van der Waals surface area contributed by atoms with Crippen LogP contribution in [0.25, 0.3) is 6.08 Å². The number of carboxylic acid groups (broad SMARTS) is 1. The van der Waals surface area contributed by atoms with E-state index in [0.29, 0.717) is 21.6 Å². The Labute approximate surface area is 137 Å². The van der Waals surface area contributed by atoms with Gasteiger partial charge in [0, 0.05) is 24.5 Å². The highest BCUT2D eigenvalue weighted by Gasteiger charge is 2.31. The summed E-state index contributed by atoms with van der Waals surface area (Å²) in [6.45, 7) is 2.44. The Morgan fingerprint density at radius 2 is 2.18 bits per heavy atom. The van der Waals surface area contributed by atoms with Crippen LogP contribution in [0, 0.1) is 0 Å². The van der Waals surface area contributed by atoms with Crippen LogP contribution in [0.3, 0.4) is 0 Å². The molecule has 1 aromatic carbocycles. The predicted octanol–water partition coefficient (Wildman–Crippen LogP) is 1.43. The second-order valence-corrected chi connectivity index (χ2v) is 6.10. The van der Waals surface area contributed by atoms with Crippen molar-refractivity contribution in [1.82, 2.24) is 4.90 Å². The maximum absolute atomic E-state index is 12.3. The Bertz CT molecular complexity index is 642. The molecule has 1 amide bonds. The summed E-state index contributed by atoms with van der Waals surface area (Å²) < 4.78 is 5.87. The lowest BCUT2D eigenvalue weighted by Crippen LogP contribution is -2.33. The number of ether oxygens (including phenoxy) is 1. The van der Waals surface area contributed by atoms with Crippen molar-refractivity contribution in [3.63, 3.8) is 0 Å². The lowest BCUT2D eigenvalue weighted by Gasteiger charge is -2.14. The van der Waals surface area contributed by atoms with Crippen LogP contribution in [-0.4, -0.2) is 34.2 Å². The van der Waals surface area contributed by atoms with Gasteiger partial charge in [-0.25, -0.2) is 0 Å². The molecule has 0 unspecified atom stereocenters. The van der Waals surface area contributed by atoms with Crippen molar-refractivity contribution in [2.24, 2.45) is 0 Å². The number of amides is 1. The first-order chi connectivity index (χ1) is 10.5. The number of thioether (sulfide) groups is 1. The number of nitrogens with zero attached hydrogens (tertiary/aromatic N) is 1. The fourth-order valence-electron chi connectivity index (χ4n) is 1.92. The summed E-state index contributed by atoms with van der Waals surface area (Å²) in [5, 5.41) is 10.5. The van der Waals surface area contributed by atoms with Crippen molar-refractivity contribution in [2.75, 3.05) is 13.2 Å². The van der Waals surface area contributed by atoms with E-state index in [1.807, 2.05) is 31.2 Å². The van der Waals surface area contributed by atoms with Gasteiger partial charge in [0.1, 0.15) is 10.1 Å². The van der Waals surface area contributed by atoms with E-state index in [1.54, 1.807) is 6.08 Å². The second-order valence-electron chi connectivity index (χ2n) is 4.43. The largest absolute Gasteiger partial charge is 0.550 e. The lowest BCUT2D eigenvalue weighted by molar-refractivity contribution is -0.305. The van der Waals surface area contributed by atoms with Crippen molar-refractivity contribution in [3.05, 3.63) is 34.7 Å². The lowest BCUT2D eigenvalue weighted by atomic mass is 10.2. The molecule has 116 valence electrons. The number of aliphatic carboxylic acids is 1. The number of para-hydroxylation sites is 1. The molecule has 0 aliphatic carbocycles. The van der Waals surface area contributed by atoms with Crippen LogP contribution in [0.1, 0.15) is 18.9 Å². The van der Waals surface area contributed by atoms with E-state index in [4.69, 9.17) is 17.0 Å². The molecule has 5 nitrogen and oxygen atoms in total. The minimum atomic E-state index is -1.21. The van der Waals surface area contributed by atoms with Crippen LogP contribution in [-0.2, 0) is 9.59 Å². The number of hydrogen-bond donors (Lipinski definition) is 0. The van der Waals surface area contributed by atoms with Gasteiger partial charge >= 0.3 is 0 Å². The fourth-order valence-corrected chi connectivity index (χ4v) is 3.22. The highest BCUT2D eigenvalue weighted by atomic mass is 32.2. The highest BCUT2D eigenvalue weighted by molar-refractivity contribution is 8.26. The summed E-state index contributed by atoms with van der Waals surface area (Å²) >= 11 is 6.28. The average Bonchev–Trinajstić information content (AvgIpc) is 2.73. The van der Waals surface area contributed by atoms with Crippen LogP contribution in [0.4, 0.5) is 0 Å². The number of carbonyl (C=O) groups excluding carboxylic acids is 2. The Hall–Kier alpha value is -1.86. The van der Waals surface area contributed by atoms with Crippen molar-refractivity contribution < 1.29 is 19.4 Å². The molecule has 1 aromatic rings. The molecule has 22 heavy (non-hydrogen) atoms. The van der Waals surface area contributed by atoms with Gasteiger partial charge in [-0.3, -0.25) is 9.69 Å². The summed E-state index contributed by atoms with van der Waals surface area (Å²) in [7, 11) is 0. The monoisotopic (exact) mass is 336 g/mol. The van der Waals surface area contributed by atoms with E-state index in [0.717, 1.165) is 17.3 Å². The zero-order valence-electron chi connectivity index (χ0n) is 11.9. The number of thiocarbonyl (C=S) groups is 1. The zero-order chi connectivity index (χ0) is 16.1. The third kappa shape index (κ3) is 3.86. The van der Waals surface area contributed by atoms with Gasteiger partial charge in [-0.1, -0.05) is 42.2 Å². The Balaban J connectivity index is 2.21.